The zero-order valence-electron chi connectivity index (χ0n) is 8.20. The van der Waals surface area contributed by atoms with Crippen molar-refractivity contribution < 1.29 is 18.8 Å². The Bertz CT molecular complexity index is 449. The van der Waals surface area contributed by atoms with E-state index < -0.39 is 28.0 Å². The minimum Gasteiger partial charge on any atom is -0.465 e. The van der Waals surface area contributed by atoms with E-state index in [1.807, 2.05) is 0 Å². The second kappa shape index (κ2) is 4.89. The summed E-state index contributed by atoms with van der Waals surface area (Å²) in [4.78, 5) is 20.9. The summed E-state index contributed by atoms with van der Waals surface area (Å²) >= 11 is 5.41. The maximum Gasteiger partial charge on any atom is 0.341 e. The average molecular weight is 248 g/mol. The Labute approximate surface area is 94.9 Å². The molecule has 7 heteroatoms. The van der Waals surface area contributed by atoms with E-state index in [1.165, 1.54) is 0 Å². The fraction of sp³-hybridized carbons (Fsp3) is 0.222. The summed E-state index contributed by atoms with van der Waals surface area (Å²) < 4.78 is 17.9. The number of rotatable bonds is 3. The average Bonchev–Trinajstić information content (AvgIpc) is 2.28. The number of nitro groups is 1. The molecule has 0 aromatic heterocycles. The Morgan fingerprint density at radius 3 is 2.69 bits per heavy atom. The monoisotopic (exact) mass is 247 g/mol. The van der Waals surface area contributed by atoms with Gasteiger partial charge in [-0.3, -0.25) is 10.1 Å². The fourth-order valence-electron chi connectivity index (χ4n) is 1.13. The Balaban J connectivity index is 3.41. The van der Waals surface area contributed by atoms with Crippen LogP contribution in [0.15, 0.2) is 12.1 Å². The second-order valence-corrected chi connectivity index (χ2v) is 3.12. The molecule has 1 aromatic rings. The Morgan fingerprint density at radius 1 is 1.62 bits per heavy atom. The number of hydrogen-bond donors (Lipinski definition) is 0. The van der Waals surface area contributed by atoms with Crippen LogP contribution in [-0.4, -0.2) is 18.0 Å². The third kappa shape index (κ3) is 2.27. The smallest absolute Gasteiger partial charge is 0.341 e. The van der Waals surface area contributed by atoms with E-state index in [0.717, 1.165) is 19.2 Å². The summed E-state index contributed by atoms with van der Waals surface area (Å²) in [5, 5.41) is 10.5. The van der Waals surface area contributed by atoms with Crippen molar-refractivity contribution in [3.63, 3.8) is 0 Å². The van der Waals surface area contributed by atoms with Crippen molar-refractivity contribution in [3.8, 4) is 0 Å². The number of methoxy groups -OCH3 is 1. The largest absolute Gasteiger partial charge is 0.465 e. The van der Waals surface area contributed by atoms with Crippen LogP contribution in [-0.2, 0) is 10.6 Å². The summed E-state index contributed by atoms with van der Waals surface area (Å²) in [6.07, 6.45) is 0. The number of hydrogen-bond acceptors (Lipinski definition) is 4. The molecule has 0 aliphatic heterocycles. The third-order valence-electron chi connectivity index (χ3n) is 1.89. The quantitative estimate of drug-likeness (QED) is 0.356. The molecule has 0 spiro atoms. The molecule has 0 radical (unpaired) electrons. The van der Waals surface area contributed by atoms with Crippen LogP contribution in [0.3, 0.4) is 0 Å². The van der Waals surface area contributed by atoms with Crippen LogP contribution in [0.2, 0.25) is 0 Å². The van der Waals surface area contributed by atoms with E-state index in [4.69, 9.17) is 11.6 Å². The normalized spacial score (nSPS) is 9.94. The molecule has 0 saturated carbocycles. The van der Waals surface area contributed by atoms with E-state index in [-0.39, 0.29) is 11.4 Å². The Hall–Kier alpha value is -1.69. The lowest BCUT2D eigenvalue weighted by Crippen LogP contribution is -2.07. The zero-order valence-corrected chi connectivity index (χ0v) is 8.95. The number of benzene rings is 1. The fourth-order valence-corrected chi connectivity index (χ4v) is 1.32. The highest BCUT2D eigenvalue weighted by atomic mass is 35.5. The van der Waals surface area contributed by atoms with Crippen LogP contribution < -0.4 is 0 Å². The highest BCUT2D eigenvalue weighted by Crippen LogP contribution is 2.23. The lowest BCUT2D eigenvalue weighted by molar-refractivity contribution is -0.385. The first-order chi connectivity index (χ1) is 7.51. The lowest BCUT2D eigenvalue weighted by Gasteiger charge is -2.04. The number of alkyl halides is 1. The van der Waals surface area contributed by atoms with Gasteiger partial charge in [0.2, 0.25) is 0 Å². The molecule has 86 valence electrons. The summed E-state index contributed by atoms with van der Waals surface area (Å²) in [6.45, 7) is 0. The SMILES string of the molecule is COC(=O)c1cc([N+](=O)[O-])cc(CCl)c1F. The molecule has 0 N–H and O–H groups in total. The lowest BCUT2D eigenvalue weighted by atomic mass is 10.1. The molecule has 0 fully saturated rings. The first-order valence-electron chi connectivity index (χ1n) is 4.12. The second-order valence-electron chi connectivity index (χ2n) is 2.85. The predicted octanol–water partition coefficient (Wildman–Crippen LogP) is 2.26. The van der Waals surface area contributed by atoms with E-state index >= 15 is 0 Å². The molecule has 5 nitrogen and oxygen atoms in total. The van der Waals surface area contributed by atoms with Crippen molar-refractivity contribution in [2.24, 2.45) is 0 Å². The van der Waals surface area contributed by atoms with Gasteiger partial charge in [-0.1, -0.05) is 0 Å². The highest BCUT2D eigenvalue weighted by Gasteiger charge is 2.21. The topological polar surface area (TPSA) is 69.4 Å². The molecular weight excluding hydrogens is 241 g/mol. The summed E-state index contributed by atoms with van der Waals surface area (Å²) in [6, 6.07) is 1.80. The van der Waals surface area contributed by atoms with Crippen molar-refractivity contribution in [2.45, 2.75) is 5.88 Å². The Kier molecular flexibility index (Phi) is 3.78. The van der Waals surface area contributed by atoms with Gasteiger partial charge in [0.05, 0.1) is 17.9 Å². The first kappa shape index (κ1) is 12.4. The van der Waals surface area contributed by atoms with Crippen LogP contribution >= 0.6 is 11.6 Å². The molecule has 0 bridgehead atoms. The minimum absolute atomic E-state index is 0.115. The van der Waals surface area contributed by atoms with Gasteiger partial charge in [0, 0.05) is 17.7 Å². The van der Waals surface area contributed by atoms with Gasteiger partial charge in [-0.15, -0.1) is 11.6 Å². The number of ether oxygens (including phenoxy) is 1. The minimum atomic E-state index is -0.979. The number of esters is 1. The molecule has 0 aliphatic rings. The van der Waals surface area contributed by atoms with Crippen LogP contribution in [0, 0.1) is 15.9 Å². The maximum absolute atomic E-state index is 13.5. The maximum atomic E-state index is 13.5. The van der Waals surface area contributed by atoms with Gasteiger partial charge >= 0.3 is 5.97 Å². The highest BCUT2D eigenvalue weighted by molar-refractivity contribution is 6.17. The van der Waals surface area contributed by atoms with E-state index in [0.29, 0.717) is 0 Å². The standard InChI is InChI=1S/C9H7ClFNO4/c1-16-9(13)7-3-6(12(14)15)2-5(4-10)8(7)11/h2-3H,4H2,1H3. The Morgan fingerprint density at radius 2 is 2.25 bits per heavy atom. The molecule has 0 unspecified atom stereocenters. The third-order valence-corrected chi connectivity index (χ3v) is 2.18. The van der Waals surface area contributed by atoms with E-state index in [2.05, 4.69) is 4.74 Å². The molecule has 1 rings (SSSR count). The molecule has 0 atom stereocenters. The summed E-state index contributed by atoms with van der Waals surface area (Å²) in [5.41, 5.74) is -1.01. The molecule has 1 aromatic carbocycles. The molecule has 0 saturated heterocycles. The van der Waals surface area contributed by atoms with Crippen molar-refractivity contribution in [1.82, 2.24) is 0 Å². The molecule has 16 heavy (non-hydrogen) atoms. The molecule has 0 aliphatic carbocycles. The van der Waals surface area contributed by atoms with Crippen molar-refractivity contribution >= 4 is 23.3 Å². The van der Waals surface area contributed by atoms with Gasteiger partial charge in [-0.2, -0.15) is 0 Å². The van der Waals surface area contributed by atoms with Gasteiger partial charge < -0.3 is 4.74 Å². The molecule has 0 heterocycles. The van der Waals surface area contributed by atoms with Gasteiger partial charge in [0.15, 0.2) is 0 Å². The summed E-state index contributed by atoms with van der Waals surface area (Å²) in [7, 11) is 1.06. The van der Waals surface area contributed by atoms with Crippen molar-refractivity contribution in [2.75, 3.05) is 7.11 Å². The number of halogens is 2. The van der Waals surface area contributed by atoms with E-state index in [9.17, 15) is 19.3 Å². The predicted molar refractivity (Wildman–Crippen MR) is 54.0 cm³/mol. The van der Waals surface area contributed by atoms with Crippen molar-refractivity contribution in [3.05, 3.63) is 39.2 Å². The van der Waals surface area contributed by atoms with Gasteiger partial charge in [-0.25, -0.2) is 9.18 Å². The summed E-state index contributed by atoms with van der Waals surface area (Å²) in [5.74, 6) is -2.14. The number of nitro benzene ring substituents is 1. The van der Waals surface area contributed by atoms with Crippen LogP contribution in [0.5, 0.6) is 0 Å². The van der Waals surface area contributed by atoms with Crippen molar-refractivity contribution in [1.29, 1.82) is 0 Å². The van der Waals surface area contributed by atoms with E-state index in [1.54, 1.807) is 0 Å². The molecular formula is C9H7ClFNO4. The number of nitrogens with zero attached hydrogens (tertiary/aromatic N) is 1. The van der Waals surface area contributed by atoms with Gasteiger partial charge in [0.25, 0.3) is 5.69 Å². The molecule has 0 amide bonds. The number of non-ortho nitro benzene ring substituents is 1. The van der Waals surface area contributed by atoms with Crippen LogP contribution in [0.1, 0.15) is 15.9 Å². The van der Waals surface area contributed by atoms with Gasteiger partial charge in [0.1, 0.15) is 11.4 Å². The zero-order chi connectivity index (χ0) is 12.3. The number of carbonyl (C=O) groups is 1. The van der Waals surface area contributed by atoms with Crippen LogP contribution in [0.4, 0.5) is 10.1 Å². The number of carbonyl (C=O) groups excluding carboxylic acids is 1. The first-order valence-corrected chi connectivity index (χ1v) is 4.65. The van der Waals surface area contributed by atoms with Gasteiger partial charge in [-0.05, 0) is 0 Å². The van der Waals surface area contributed by atoms with Crippen LogP contribution in [0.25, 0.3) is 0 Å².